The molecule has 0 aromatic heterocycles. The van der Waals surface area contributed by atoms with Gasteiger partial charge in [-0.05, 0) is 61.4 Å². The van der Waals surface area contributed by atoms with E-state index >= 15 is 0 Å². The number of carbonyl (C=O) groups excluding carboxylic acids is 1. The summed E-state index contributed by atoms with van der Waals surface area (Å²) in [5, 5.41) is 3.52. The summed E-state index contributed by atoms with van der Waals surface area (Å²) < 4.78 is 11.0. The van der Waals surface area contributed by atoms with Crippen molar-refractivity contribution in [2.24, 2.45) is 0 Å². The number of nitrogens with one attached hydrogen (secondary N) is 1. The minimum Gasteiger partial charge on any atom is -0.483 e. The fourth-order valence-electron chi connectivity index (χ4n) is 3.04. The third-order valence-corrected chi connectivity index (χ3v) is 4.52. The van der Waals surface area contributed by atoms with Crippen LogP contribution in [0, 0.1) is 13.8 Å². The summed E-state index contributed by atoms with van der Waals surface area (Å²) in [6.07, 6.45) is 0. The number of morpholine rings is 1. The van der Waals surface area contributed by atoms with Gasteiger partial charge in [-0.3, -0.25) is 4.79 Å². The SMILES string of the molecule is Cc1cc(Cl)cc(C)c1OCC(=O)Nc1ccc(N2CCOCC2)cc1. The summed E-state index contributed by atoms with van der Waals surface area (Å²) in [6.45, 7) is 7.05. The topological polar surface area (TPSA) is 50.8 Å². The molecule has 5 nitrogen and oxygen atoms in total. The zero-order valence-corrected chi connectivity index (χ0v) is 15.8. The highest BCUT2D eigenvalue weighted by Crippen LogP contribution is 2.27. The Bertz CT molecular complexity index is 748. The highest BCUT2D eigenvalue weighted by Gasteiger charge is 2.12. The van der Waals surface area contributed by atoms with Crippen LogP contribution in [0.4, 0.5) is 11.4 Å². The van der Waals surface area contributed by atoms with Gasteiger partial charge in [-0.2, -0.15) is 0 Å². The lowest BCUT2D eigenvalue weighted by atomic mass is 10.1. The van der Waals surface area contributed by atoms with Crippen LogP contribution < -0.4 is 15.0 Å². The van der Waals surface area contributed by atoms with Crippen LogP contribution in [-0.4, -0.2) is 38.8 Å². The van der Waals surface area contributed by atoms with Crippen LogP contribution in [0.25, 0.3) is 0 Å². The first-order chi connectivity index (χ1) is 12.5. The molecule has 3 rings (SSSR count). The zero-order chi connectivity index (χ0) is 18.5. The maximum Gasteiger partial charge on any atom is 0.262 e. The molecule has 1 N–H and O–H groups in total. The van der Waals surface area contributed by atoms with Gasteiger partial charge in [0.05, 0.1) is 13.2 Å². The van der Waals surface area contributed by atoms with Crippen molar-refractivity contribution in [3.05, 3.63) is 52.5 Å². The Labute approximate surface area is 158 Å². The van der Waals surface area contributed by atoms with Gasteiger partial charge in [0.15, 0.2) is 6.61 Å². The molecule has 0 spiro atoms. The minimum atomic E-state index is -0.196. The number of anilines is 2. The van der Waals surface area contributed by atoms with Crippen LogP contribution in [0.2, 0.25) is 5.02 Å². The number of ether oxygens (including phenoxy) is 2. The van der Waals surface area contributed by atoms with Crippen molar-refractivity contribution in [3.63, 3.8) is 0 Å². The first kappa shape index (κ1) is 18.5. The molecule has 2 aromatic carbocycles. The molecular weight excluding hydrogens is 352 g/mol. The summed E-state index contributed by atoms with van der Waals surface area (Å²) in [4.78, 5) is 14.4. The van der Waals surface area contributed by atoms with Crippen molar-refractivity contribution in [2.75, 3.05) is 43.1 Å². The molecule has 0 bridgehead atoms. The van der Waals surface area contributed by atoms with Crippen LogP contribution in [0.1, 0.15) is 11.1 Å². The Morgan fingerprint density at radius 3 is 2.38 bits per heavy atom. The van der Waals surface area contributed by atoms with Crippen molar-refractivity contribution >= 4 is 28.9 Å². The number of rotatable bonds is 5. The van der Waals surface area contributed by atoms with E-state index in [1.165, 1.54) is 0 Å². The molecule has 2 aromatic rings. The monoisotopic (exact) mass is 374 g/mol. The van der Waals surface area contributed by atoms with Crippen molar-refractivity contribution in [2.45, 2.75) is 13.8 Å². The van der Waals surface area contributed by atoms with Crippen LogP contribution in [0.3, 0.4) is 0 Å². The van der Waals surface area contributed by atoms with E-state index in [4.69, 9.17) is 21.1 Å². The predicted octanol–water partition coefficient (Wildman–Crippen LogP) is 3.81. The maximum absolute atomic E-state index is 12.2. The Morgan fingerprint density at radius 1 is 1.15 bits per heavy atom. The van der Waals surface area contributed by atoms with Crippen molar-refractivity contribution < 1.29 is 14.3 Å². The fraction of sp³-hybridized carbons (Fsp3) is 0.350. The van der Waals surface area contributed by atoms with Gasteiger partial charge in [-0.25, -0.2) is 0 Å². The number of halogens is 1. The number of carbonyl (C=O) groups is 1. The third kappa shape index (κ3) is 4.68. The smallest absolute Gasteiger partial charge is 0.262 e. The molecule has 1 fully saturated rings. The van der Waals surface area contributed by atoms with Gasteiger partial charge in [-0.15, -0.1) is 0 Å². The number of aryl methyl sites for hydroxylation is 2. The standard InChI is InChI=1S/C20H23ClN2O3/c1-14-11-16(21)12-15(2)20(14)26-13-19(24)22-17-3-5-18(6-4-17)23-7-9-25-10-8-23/h3-6,11-12H,7-10,13H2,1-2H3,(H,22,24). The van der Waals surface area contributed by atoms with Gasteiger partial charge < -0.3 is 19.7 Å². The fourth-order valence-corrected chi connectivity index (χ4v) is 3.36. The molecular formula is C20H23ClN2O3. The van der Waals surface area contributed by atoms with E-state index < -0.39 is 0 Å². The van der Waals surface area contributed by atoms with E-state index in [-0.39, 0.29) is 12.5 Å². The Balaban J connectivity index is 1.55. The molecule has 1 aliphatic rings. The number of hydrogen-bond donors (Lipinski definition) is 1. The van der Waals surface area contributed by atoms with Gasteiger partial charge in [0.2, 0.25) is 0 Å². The van der Waals surface area contributed by atoms with Crippen molar-refractivity contribution in [1.82, 2.24) is 0 Å². The molecule has 0 unspecified atom stereocenters. The van der Waals surface area contributed by atoms with E-state index in [1.54, 1.807) is 0 Å². The van der Waals surface area contributed by atoms with Crippen LogP contribution >= 0.6 is 11.6 Å². The number of nitrogens with zero attached hydrogens (tertiary/aromatic N) is 1. The van der Waals surface area contributed by atoms with Crippen molar-refractivity contribution in [1.29, 1.82) is 0 Å². The predicted molar refractivity (Wildman–Crippen MR) is 105 cm³/mol. The van der Waals surface area contributed by atoms with Gasteiger partial charge in [-0.1, -0.05) is 11.6 Å². The van der Waals surface area contributed by atoms with Gasteiger partial charge in [0.1, 0.15) is 5.75 Å². The van der Waals surface area contributed by atoms with Crippen LogP contribution in [-0.2, 0) is 9.53 Å². The summed E-state index contributed by atoms with van der Waals surface area (Å²) in [5.41, 5.74) is 3.71. The van der Waals surface area contributed by atoms with E-state index in [9.17, 15) is 4.79 Å². The molecule has 0 atom stereocenters. The minimum absolute atomic E-state index is 0.0471. The number of hydrogen-bond acceptors (Lipinski definition) is 4. The molecule has 26 heavy (non-hydrogen) atoms. The van der Waals surface area contributed by atoms with Crippen molar-refractivity contribution in [3.8, 4) is 5.75 Å². The largest absolute Gasteiger partial charge is 0.483 e. The quantitative estimate of drug-likeness (QED) is 0.864. The lowest BCUT2D eigenvalue weighted by molar-refractivity contribution is -0.118. The molecule has 1 amide bonds. The lowest BCUT2D eigenvalue weighted by Gasteiger charge is -2.28. The second-order valence-corrected chi connectivity index (χ2v) is 6.79. The normalized spacial score (nSPS) is 14.2. The second kappa shape index (κ2) is 8.43. The van der Waals surface area contributed by atoms with E-state index in [0.29, 0.717) is 10.8 Å². The first-order valence-electron chi connectivity index (χ1n) is 8.65. The van der Waals surface area contributed by atoms with E-state index in [0.717, 1.165) is 48.8 Å². The van der Waals surface area contributed by atoms with Gasteiger partial charge in [0.25, 0.3) is 5.91 Å². The molecule has 138 valence electrons. The first-order valence-corrected chi connectivity index (χ1v) is 9.03. The molecule has 1 saturated heterocycles. The average Bonchev–Trinajstić information content (AvgIpc) is 2.62. The highest BCUT2D eigenvalue weighted by atomic mass is 35.5. The molecule has 0 saturated carbocycles. The zero-order valence-electron chi connectivity index (χ0n) is 15.0. The lowest BCUT2D eigenvalue weighted by Crippen LogP contribution is -2.36. The molecule has 0 radical (unpaired) electrons. The Hall–Kier alpha value is -2.24. The third-order valence-electron chi connectivity index (χ3n) is 4.30. The maximum atomic E-state index is 12.2. The van der Waals surface area contributed by atoms with E-state index in [1.807, 2.05) is 50.2 Å². The molecule has 6 heteroatoms. The second-order valence-electron chi connectivity index (χ2n) is 6.35. The summed E-state index contributed by atoms with van der Waals surface area (Å²) >= 11 is 6.02. The van der Waals surface area contributed by atoms with Gasteiger partial charge in [0, 0.05) is 29.5 Å². The molecule has 1 aliphatic heterocycles. The highest BCUT2D eigenvalue weighted by molar-refractivity contribution is 6.30. The summed E-state index contributed by atoms with van der Waals surface area (Å²) in [7, 11) is 0. The summed E-state index contributed by atoms with van der Waals surface area (Å²) in [5.74, 6) is 0.505. The average molecular weight is 375 g/mol. The Morgan fingerprint density at radius 2 is 1.77 bits per heavy atom. The number of benzene rings is 2. The van der Waals surface area contributed by atoms with Gasteiger partial charge >= 0.3 is 0 Å². The molecule has 1 heterocycles. The number of amides is 1. The van der Waals surface area contributed by atoms with E-state index in [2.05, 4.69) is 10.2 Å². The van der Waals surface area contributed by atoms with Crippen LogP contribution in [0.5, 0.6) is 5.75 Å². The summed E-state index contributed by atoms with van der Waals surface area (Å²) in [6, 6.07) is 11.5. The van der Waals surface area contributed by atoms with Crippen LogP contribution in [0.15, 0.2) is 36.4 Å². The molecule has 0 aliphatic carbocycles. The Kier molecular flexibility index (Phi) is 6.01.